The van der Waals surface area contributed by atoms with Crippen molar-refractivity contribution in [1.29, 1.82) is 0 Å². The third-order valence-electron chi connectivity index (χ3n) is 5.02. The molecule has 2 aliphatic rings. The molecule has 9 heteroatoms. The monoisotopic (exact) mass is 382 g/mol. The fraction of sp³-hybridized carbons (Fsp3) is 0.263. The summed E-state index contributed by atoms with van der Waals surface area (Å²) in [5.41, 5.74) is 2.33. The average Bonchev–Trinajstić information content (AvgIpc) is 3.39. The van der Waals surface area contributed by atoms with Crippen LogP contribution in [0.4, 0.5) is 25.1 Å². The lowest BCUT2D eigenvalue weighted by molar-refractivity contribution is 0.248. The Labute approximate surface area is 159 Å². The number of anilines is 2. The van der Waals surface area contributed by atoms with E-state index in [-0.39, 0.29) is 18.4 Å². The minimum Gasteiger partial charge on any atom is -0.351 e. The third kappa shape index (κ3) is 2.70. The number of hydrogen-bond donors (Lipinski definition) is 0. The molecule has 1 fully saturated rings. The molecule has 1 saturated heterocycles. The fourth-order valence-corrected chi connectivity index (χ4v) is 3.61. The van der Waals surface area contributed by atoms with E-state index in [0.717, 1.165) is 0 Å². The van der Waals surface area contributed by atoms with Gasteiger partial charge in [0.1, 0.15) is 6.17 Å². The maximum absolute atomic E-state index is 14.5. The third-order valence-corrected chi connectivity index (χ3v) is 5.02. The molecule has 0 bridgehead atoms. The number of amides is 1. The predicted molar refractivity (Wildman–Crippen MR) is 98.4 cm³/mol. The fourth-order valence-electron chi connectivity index (χ4n) is 3.61. The zero-order valence-electron chi connectivity index (χ0n) is 14.8. The van der Waals surface area contributed by atoms with Crippen LogP contribution in [0.2, 0.25) is 0 Å². The zero-order chi connectivity index (χ0) is 19.3. The van der Waals surface area contributed by atoms with Crippen molar-refractivity contribution in [2.75, 3.05) is 22.9 Å². The van der Waals surface area contributed by atoms with Crippen molar-refractivity contribution in [1.82, 2.24) is 19.7 Å². The van der Waals surface area contributed by atoms with Crippen LogP contribution in [0, 0.1) is 5.82 Å². The van der Waals surface area contributed by atoms with Crippen molar-refractivity contribution in [3.8, 4) is 11.3 Å². The molecule has 142 valence electrons. The number of hydrogen-bond acceptors (Lipinski definition) is 5. The Morgan fingerprint density at radius 2 is 2.11 bits per heavy atom. The number of halogens is 2. The molecule has 0 spiro atoms. The highest BCUT2D eigenvalue weighted by atomic mass is 19.1. The molecule has 28 heavy (non-hydrogen) atoms. The van der Waals surface area contributed by atoms with Gasteiger partial charge in [-0.1, -0.05) is 0 Å². The van der Waals surface area contributed by atoms with Gasteiger partial charge in [0.05, 0.1) is 36.4 Å². The molecule has 0 aliphatic carbocycles. The Hall–Kier alpha value is -3.36. The number of fused-ring (bicyclic) bond motifs is 1. The first-order valence-corrected chi connectivity index (χ1v) is 8.96. The second-order valence-corrected chi connectivity index (χ2v) is 6.87. The number of aromatic nitrogens is 4. The van der Waals surface area contributed by atoms with E-state index in [9.17, 15) is 13.6 Å². The maximum atomic E-state index is 14.5. The normalized spacial score (nSPS) is 18.8. The summed E-state index contributed by atoms with van der Waals surface area (Å²) in [6, 6.07) is 6.35. The number of alkyl halides is 1. The topological polar surface area (TPSA) is 67.2 Å². The van der Waals surface area contributed by atoms with Crippen molar-refractivity contribution in [3.63, 3.8) is 0 Å². The van der Waals surface area contributed by atoms with Gasteiger partial charge in [-0.15, -0.1) is 0 Å². The van der Waals surface area contributed by atoms with Gasteiger partial charge in [0, 0.05) is 24.5 Å². The molecule has 5 heterocycles. The Balaban J connectivity index is 1.41. The summed E-state index contributed by atoms with van der Waals surface area (Å²) in [5, 5.41) is 4.32. The van der Waals surface area contributed by atoms with Crippen molar-refractivity contribution < 1.29 is 13.6 Å². The van der Waals surface area contributed by atoms with E-state index in [1.165, 1.54) is 16.9 Å². The minimum absolute atomic E-state index is 0.148. The lowest BCUT2D eigenvalue weighted by Gasteiger charge is -2.17. The lowest BCUT2D eigenvalue weighted by atomic mass is 10.2. The van der Waals surface area contributed by atoms with Gasteiger partial charge in [0.25, 0.3) is 0 Å². The SMILES string of the molecule is O=C1N(c2cccnc2)Cc2cc(-c3cnc(N4CC[C@H](F)C4)c(F)c3)nn21. The van der Waals surface area contributed by atoms with Gasteiger partial charge >= 0.3 is 6.03 Å². The van der Waals surface area contributed by atoms with Crippen LogP contribution in [-0.4, -0.2) is 45.0 Å². The van der Waals surface area contributed by atoms with Crippen molar-refractivity contribution in [3.05, 3.63) is 54.4 Å². The largest absolute Gasteiger partial charge is 0.351 e. The summed E-state index contributed by atoms with van der Waals surface area (Å²) in [5.74, 6) is -0.377. The van der Waals surface area contributed by atoms with Gasteiger partial charge in [-0.3, -0.25) is 9.88 Å². The Morgan fingerprint density at radius 1 is 1.21 bits per heavy atom. The summed E-state index contributed by atoms with van der Waals surface area (Å²) < 4.78 is 29.2. The van der Waals surface area contributed by atoms with Gasteiger partial charge in [0.15, 0.2) is 11.6 Å². The molecule has 5 rings (SSSR count). The maximum Gasteiger partial charge on any atom is 0.349 e. The second-order valence-electron chi connectivity index (χ2n) is 6.87. The summed E-state index contributed by atoms with van der Waals surface area (Å²) in [4.78, 5) is 24.0. The van der Waals surface area contributed by atoms with E-state index in [0.29, 0.717) is 42.1 Å². The standard InChI is InChI=1S/C19H16F2N6O/c20-13-3-5-25(10-13)18-16(21)6-12(8-23-18)17-7-15-11-26(19(28)27(15)24-17)14-2-1-4-22-9-14/h1-2,4,6-9,13H,3,5,10-11H2/t13-/m0/s1. The molecule has 2 aliphatic heterocycles. The van der Waals surface area contributed by atoms with Crippen LogP contribution in [0.25, 0.3) is 11.3 Å². The van der Waals surface area contributed by atoms with Gasteiger partial charge in [-0.05, 0) is 30.7 Å². The van der Waals surface area contributed by atoms with Gasteiger partial charge < -0.3 is 4.90 Å². The van der Waals surface area contributed by atoms with Gasteiger partial charge in [-0.2, -0.15) is 9.78 Å². The number of pyridine rings is 2. The van der Waals surface area contributed by atoms with E-state index in [1.54, 1.807) is 40.4 Å². The first kappa shape index (κ1) is 16.8. The van der Waals surface area contributed by atoms with Crippen LogP contribution in [0.1, 0.15) is 12.1 Å². The highest BCUT2D eigenvalue weighted by Crippen LogP contribution is 2.30. The molecule has 0 saturated carbocycles. The minimum atomic E-state index is -0.953. The number of nitrogens with zero attached hydrogens (tertiary/aromatic N) is 6. The molecule has 1 atom stereocenters. The summed E-state index contributed by atoms with van der Waals surface area (Å²) in [7, 11) is 0. The number of rotatable bonds is 3. The van der Waals surface area contributed by atoms with E-state index in [4.69, 9.17) is 0 Å². The number of carbonyl (C=O) groups excluding carboxylic acids is 1. The molecule has 0 aromatic carbocycles. The van der Waals surface area contributed by atoms with Crippen molar-refractivity contribution in [2.24, 2.45) is 0 Å². The predicted octanol–water partition coefficient (Wildman–Crippen LogP) is 3.02. The highest BCUT2D eigenvalue weighted by Gasteiger charge is 2.31. The smallest absolute Gasteiger partial charge is 0.349 e. The first-order chi connectivity index (χ1) is 13.6. The van der Waals surface area contributed by atoms with E-state index >= 15 is 0 Å². The quantitative estimate of drug-likeness (QED) is 0.697. The van der Waals surface area contributed by atoms with Crippen LogP contribution >= 0.6 is 0 Å². The van der Waals surface area contributed by atoms with Crippen LogP contribution in [0.5, 0.6) is 0 Å². The summed E-state index contributed by atoms with van der Waals surface area (Å²) in [6.07, 6.45) is 4.19. The van der Waals surface area contributed by atoms with Crippen molar-refractivity contribution >= 4 is 17.5 Å². The molecule has 0 radical (unpaired) electrons. The van der Waals surface area contributed by atoms with Crippen LogP contribution in [0.3, 0.4) is 0 Å². The van der Waals surface area contributed by atoms with Crippen LogP contribution < -0.4 is 9.80 Å². The summed E-state index contributed by atoms with van der Waals surface area (Å²) in [6.45, 7) is 0.958. The van der Waals surface area contributed by atoms with Gasteiger partial charge in [0.2, 0.25) is 0 Å². The molecular weight excluding hydrogens is 366 g/mol. The van der Waals surface area contributed by atoms with Crippen molar-refractivity contribution in [2.45, 2.75) is 19.1 Å². The van der Waals surface area contributed by atoms with Crippen LogP contribution in [-0.2, 0) is 6.54 Å². The number of carbonyl (C=O) groups is 1. The van der Waals surface area contributed by atoms with E-state index < -0.39 is 12.0 Å². The molecule has 0 unspecified atom stereocenters. The van der Waals surface area contributed by atoms with E-state index in [2.05, 4.69) is 15.1 Å². The first-order valence-electron chi connectivity index (χ1n) is 8.96. The Kier molecular flexibility index (Phi) is 3.81. The average molecular weight is 382 g/mol. The van der Waals surface area contributed by atoms with E-state index in [1.807, 2.05) is 0 Å². The second kappa shape index (κ2) is 6.36. The molecular formula is C19H16F2N6O. The Bertz CT molecular complexity index is 1050. The molecule has 0 N–H and O–H groups in total. The van der Waals surface area contributed by atoms with Crippen LogP contribution in [0.15, 0.2) is 42.9 Å². The van der Waals surface area contributed by atoms with Gasteiger partial charge in [-0.25, -0.2) is 18.6 Å². The molecule has 7 nitrogen and oxygen atoms in total. The summed E-state index contributed by atoms with van der Waals surface area (Å²) >= 11 is 0. The molecule has 1 amide bonds. The molecule has 3 aromatic heterocycles. The highest BCUT2D eigenvalue weighted by molar-refractivity contribution is 5.96. The Morgan fingerprint density at radius 3 is 2.79 bits per heavy atom. The lowest BCUT2D eigenvalue weighted by Crippen LogP contribution is -2.26. The molecule has 3 aromatic rings. The zero-order valence-corrected chi connectivity index (χ0v) is 14.8.